The smallest absolute Gasteiger partial charge is 0.125 e. The lowest BCUT2D eigenvalue weighted by Gasteiger charge is -2.13. The summed E-state index contributed by atoms with van der Waals surface area (Å²) in [5.41, 5.74) is 1.88. The molecule has 3 nitrogen and oxygen atoms in total. The molecule has 0 amide bonds. The van der Waals surface area contributed by atoms with E-state index in [0.717, 1.165) is 6.42 Å². The third kappa shape index (κ3) is 3.94. The molecule has 19 heavy (non-hydrogen) atoms. The van der Waals surface area contributed by atoms with Crippen molar-refractivity contribution in [2.45, 2.75) is 19.4 Å². The van der Waals surface area contributed by atoms with Gasteiger partial charge in [0.1, 0.15) is 5.75 Å². The first-order chi connectivity index (χ1) is 9.16. The average molecular weight is 278 g/mol. The summed E-state index contributed by atoms with van der Waals surface area (Å²) in [6.45, 7) is 2.24. The van der Waals surface area contributed by atoms with Crippen molar-refractivity contribution in [1.82, 2.24) is 4.98 Å². The second-order valence-corrected chi connectivity index (χ2v) is 4.75. The van der Waals surface area contributed by atoms with Gasteiger partial charge in [0, 0.05) is 29.4 Å². The normalized spacial score (nSPS) is 12.2. The number of ether oxygens (including phenoxy) is 1. The number of nitrogens with zero attached hydrogens (tertiary/aromatic N) is 1. The summed E-state index contributed by atoms with van der Waals surface area (Å²) in [4.78, 5) is 3.97. The van der Waals surface area contributed by atoms with Crippen LogP contribution < -0.4 is 4.74 Å². The number of rotatable bonds is 5. The first-order valence-corrected chi connectivity index (χ1v) is 6.54. The molecule has 0 saturated heterocycles. The second-order valence-electron chi connectivity index (χ2n) is 4.31. The van der Waals surface area contributed by atoms with Gasteiger partial charge < -0.3 is 9.84 Å². The van der Waals surface area contributed by atoms with Crippen molar-refractivity contribution in [3.05, 3.63) is 58.9 Å². The molecule has 0 aliphatic rings. The Morgan fingerprint density at radius 3 is 2.68 bits per heavy atom. The van der Waals surface area contributed by atoms with E-state index in [-0.39, 0.29) is 0 Å². The highest BCUT2D eigenvalue weighted by molar-refractivity contribution is 6.30. The standard InChI is InChI=1S/C15H16ClNO2/c1-11(18)14-10-13(16)2-3-15(14)19-9-6-12-4-7-17-8-5-12/h2-5,7-8,10-11,18H,6,9H2,1H3/t11-/m1/s1. The largest absolute Gasteiger partial charge is 0.493 e. The molecular weight excluding hydrogens is 262 g/mol. The van der Waals surface area contributed by atoms with Crippen LogP contribution in [0.2, 0.25) is 5.02 Å². The van der Waals surface area contributed by atoms with Gasteiger partial charge in [-0.15, -0.1) is 0 Å². The summed E-state index contributed by atoms with van der Waals surface area (Å²) < 4.78 is 5.72. The molecule has 100 valence electrons. The van der Waals surface area contributed by atoms with Gasteiger partial charge in [-0.3, -0.25) is 4.98 Å². The van der Waals surface area contributed by atoms with Crippen LogP contribution in [0.3, 0.4) is 0 Å². The SMILES string of the molecule is C[C@@H](O)c1cc(Cl)ccc1OCCc1ccncc1. The zero-order chi connectivity index (χ0) is 13.7. The number of hydrogen-bond donors (Lipinski definition) is 1. The molecule has 0 aliphatic heterocycles. The zero-order valence-electron chi connectivity index (χ0n) is 10.7. The van der Waals surface area contributed by atoms with E-state index in [1.165, 1.54) is 5.56 Å². The number of aliphatic hydroxyl groups is 1. The van der Waals surface area contributed by atoms with Crippen LogP contribution in [0.4, 0.5) is 0 Å². The fraction of sp³-hybridized carbons (Fsp3) is 0.267. The van der Waals surface area contributed by atoms with Crippen LogP contribution in [0.5, 0.6) is 5.75 Å². The Labute approximate surface area is 117 Å². The van der Waals surface area contributed by atoms with E-state index in [4.69, 9.17) is 16.3 Å². The Hall–Kier alpha value is -1.58. The number of aromatic nitrogens is 1. The molecule has 1 N–H and O–H groups in total. The summed E-state index contributed by atoms with van der Waals surface area (Å²) in [5, 5.41) is 10.3. The fourth-order valence-corrected chi connectivity index (χ4v) is 1.99. The molecular formula is C15H16ClNO2. The van der Waals surface area contributed by atoms with Gasteiger partial charge >= 0.3 is 0 Å². The van der Waals surface area contributed by atoms with Gasteiger partial charge in [0.2, 0.25) is 0 Å². The monoisotopic (exact) mass is 277 g/mol. The molecule has 0 saturated carbocycles. The molecule has 1 atom stereocenters. The van der Waals surface area contributed by atoms with Crippen LogP contribution in [0.1, 0.15) is 24.2 Å². The highest BCUT2D eigenvalue weighted by Crippen LogP contribution is 2.28. The minimum atomic E-state index is -0.602. The van der Waals surface area contributed by atoms with E-state index < -0.39 is 6.10 Å². The van der Waals surface area contributed by atoms with Crippen molar-refractivity contribution in [3.63, 3.8) is 0 Å². The lowest BCUT2D eigenvalue weighted by Crippen LogP contribution is -2.04. The minimum absolute atomic E-state index is 0.547. The molecule has 0 unspecified atom stereocenters. The minimum Gasteiger partial charge on any atom is -0.493 e. The average Bonchev–Trinajstić information content (AvgIpc) is 2.41. The van der Waals surface area contributed by atoms with Crippen LogP contribution >= 0.6 is 11.6 Å². The quantitative estimate of drug-likeness (QED) is 0.911. The lowest BCUT2D eigenvalue weighted by molar-refractivity contribution is 0.191. The number of hydrogen-bond acceptors (Lipinski definition) is 3. The molecule has 0 aliphatic carbocycles. The van der Waals surface area contributed by atoms with Crippen molar-refractivity contribution in [2.24, 2.45) is 0 Å². The molecule has 2 rings (SSSR count). The Bertz CT molecular complexity index is 529. The predicted octanol–water partition coefficient (Wildman–Crippen LogP) is 3.41. The van der Waals surface area contributed by atoms with Gasteiger partial charge in [-0.2, -0.15) is 0 Å². The highest BCUT2D eigenvalue weighted by atomic mass is 35.5. The molecule has 4 heteroatoms. The maximum Gasteiger partial charge on any atom is 0.125 e. The van der Waals surface area contributed by atoms with E-state index in [1.54, 1.807) is 37.5 Å². The predicted molar refractivity (Wildman–Crippen MR) is 75.5 cm³/mol. The maximum atomic E-state index is 9.70. The molecule has 0 radical (unpaired) electrons. The molecule has 1 heterocycles. The molecule has 1 aromatic heterocycles. The van der Waals surface area contributed by atoms with E-state index in [9.17, 15) is 5.11 Å². The first kappa shape index (κ1) is 13.8. The Morgan fingerprint density at radius 1 is 1.26 bits per heavy atom. The molecule has 2 aromatic rings. The van der Waals surface area contributed by atoms with Gasteiger partial charge in [0.25, 0.3) is 0 Å². The summed E-state index contributed by atoms with van der Waals surface area (Å²) in [7, 11) is 0. The number of aliphatic hydroxyl groups excluding tert-OH is 1. The second kappa shape index (κ2) is 6.55. The molecule has 0 bridgehead atoms. The van der Waals surface area contributed by atoms with Crippen LogP contribution in [0, 0.1) is 0 Å². The van der Waals surface area contributed by atoms with E-state index in [1.807, 2.05) is 12.1 Å². The maximum absolute atomic E-state index is 9.70. The first-order valence-electron chi connectivity index (χ1n) is 6.16. The van der Waals surface area contributed by atoms with Gasteiger partial charge in [-0.25, -0.2) is 0 Å². The number of benzene rings is 1. The summed E-state index contributed by atoms with van der Waals surface area (Å²) in [6.07, 6.45) is 3.72. The van der Waals surface area contributed by atoms with E-state index in [0.29, 0.717) is 22.9 Å². The van der Waals surface area contributed by atoms with Crippen LogP contribution in [-0.2, 0) is 6.42 Å². The van der Waals surface area contributed by atoms with Crippen molar-refractivity contribution in [1.29, 1.82) is 0 Å². The van der Waals surface area contributed by atoms with Gasteiger partial charge in [-0.1, -0.05) is 11.6 Å². The summed E-state index contributed by atoms with van der Waals surface area (Å²) in [5.74, 6) is 0.674. The third-order valence-corrected chi connectivity index (χ3v) is 3.05. The molecule has 0 spiro atoms. The Balaban J connectivity index is 2.00. The molecule has 0 fully saturated rings. The Kier molecular flexibility index (Phi) is 4.77. The zero-order valence-corrected chi connectivity index (χ0v) is 11.5. The van der Waals surface area contributed by atoms with Gasteiger partial charge in [0.05, 0.1) is 12.7 Å². The topological polar surface area (TPSA) is 42.4 Å². The summed E-state index contributed by atoms with van der Waals surface area (Å²) >= 11 is 5.92. The van der Waals surface area contributed by atoms with Crippen LogP contribution in [0.25, 0.3) is 0 Å². The van der Waals surface area contributed by atoms with E-state index >= 15 is 0 Å². The van der Waals surface area contributed by atoms with Gasteiger partial charge in [-0.05, 0) is 42.8 Å². The van der Waals surface area contributed by atoms with Crippen molar-refractivity contribution < 1.29 is 9.84 Å². The van der Waals surface area contributed by atoms with Crippen LogP contribution in [-0.4, -0.2) is 16.7 Å². The lowest BCUT2D eigenvalue weighted by atomic mass is 10.1. The highest BCUT2D eigenvalue weighted by Gasteiger charge is 2.09. The third-order valence-electron chi connectivity index (χ3n) is 2.82. The van der Waals surface area contributed by atoms with Crippen molar-refractivity contribution in [2.75, 3.05) is 6.61 Å². The Morgan fingerprint density at radius 2 is 2.00 bits per heavy atom. The van der Waals surface area contributed by atoms with E-state index in [2.05, 4.69) is 4.98 Å². The van der Waals surface area contributed by atoms with Crippen LogP contribution in [0.15, 0.2) is 42.7 Å². The van der Waals surface area contributed by atoms with Gasteiger partial charge in [0.15, 0.2) is 0 Å². The summed E-state index contributed by atoms with van der Waals surface area (Å²) in [6, 6.07) is 9.20. The number of halogens is 1. The molecule has 1 aromatic carbocycles. The van der Waals surface area contributed by atoms with Crippen molar-refractivity contribution in [3.8, 4) is 5.75 Å². The fourth-order valence-electron chi connectivity index (χ4n) is 1.81. The van der Waals surface area contributed by atoms with Crippen molar-refractivity contribution >= 4 is 11.6 Å². The number of pyridine rings is 1.